The summed E-state index contributed by atoms with van der Waals surface area (Å²) in [6, 6.07) is 29.3. The number of benzene rings is 4. The van der Waals surface area contributed by atoms with Crippen LogP contribution >= 0.6 is 11.6 Å². The highest BCUT2D eigenvalue weighted by atomic mass is 35.5. The monoisotopic (exact) mass is 357 g/mol. The van der Waals surface area contributed by atoms with E-state index in [9.17, 15) is 4.79 Å². The number of halogens is 1. The second kappa shape index (κ2) is 7.03. The molecule has 1 amide bonds. The van der Waals surface area contributed by atoms with Gasteiger partial charge >= 0.3 is 0 Å². The van der Waals surface area contributed by atoms with Crippen molar-refractivity contribution in [1.29, 1.82) is 0 Å². The van der Waals surface area contributed by atoms with Crippen molar-refractivity contribution in [2.24, 2.45) is 0 Å². The smallest absolute Gasteiger partial charge is 0.255 e. The maximum absolute atomic E-state index is 12.4. The zero-order valence-electron chi connectivity index (χ0n) is 13.9. The standard InChI is InChI=1S/C23H16ClNO/c24-19-7-4-8-20(15-19)25-23(26)18-13-11-17(12-14-18)22-10-3-6-16-5-1-2-9-21(16)22/h1-15H,(H,25,26). The van der Waals surface area contributed by atoms with Crippen molar-refractivity contribution >= 4 is 34.0 Å². The largest absolute Gasteiger partial charge is 0.322 e. The van der Waals surface area contributed by atoms with Crippen LogP contribution in [-0.2, 0) is 0 Å². The van der Waals surface area contributed by atoms with Crippen molar-refractivity contribution in [1.82, 2.24) is 0 Å². The lowest BCUT2D eigenvalue weighted by Gasteiger charge is -2.09. The highest BCUT2D eigenvalue weighted by molar-refractivity contribution is 6.31. The second-order valence-electron chi connectivity index (χ2n) is 6.07. The van der Waals surface area contributed by atoms with E-state index in [0.717, 1.165) is 11.1 Å². The molecule has 3 heteroatoms. The lowest BCUT2D eigenvalue weighted by atomic mass is 9.97. The minimum Gasteiger partial charge on any atom is -0.322 e. The minimum atomic E-state index is -0.156. The van der Waals surface area contributed by atoms with E-state index in [2.05, 4.69) is 35.6 Å². The normalized spacial score (nSPS) is 10.7. The van der Waals surface area contributed by atoms with Gasteiger partial charge in [0.2, 0.25) is 0 Å². The van der Waals surface area contributed by atoms with E-state index in [0.29, 0.717) is 16.3 Å². The van der Waals surface area contributed by atoms with Gasteiger partial charge < -0.3 is 5.32 Å². The predicted molar refractivity (Wildman–Crippen MR) is 109 cm³/mol. The lowest BCUT2D eigenvalue weighted by molar-refractivity contribution is 0.102. The Kier molecular flexibility index (Phi) is 4.42. The van der Waals surface area contributed by atoms with Crippen LogP contribution in [0.5, 0.6) is 0 Å². The summed E-state index contributed by atoms with van der Waals surface area (Å²) in [4.78, 5) is 12.4. The SMILES string of the molecule is O=C(Nc1cccc(Cl)c1)c1ccc(-c2cccc3ccccc23)cc1. The van der Waals surface area contributed by atoms with Crippen molar-refractivity contribution in [3.05, 3.63) is 102 Å². The third kappa shape index (κ3) is 3.32. The zero-order valence-corrected chi connectivity index (χ0v) is 14.7. The van der Waals surface area contributed by atoms with E-state index >= 15 is 0 Å². The molecule has 0 fully saturated rings. The topological polar surface area (TPSA) is 29.1 Å². The van der Waals surface area contributed by atoms with Gasteiger partial charge in [-0.2, -0.15) is 0 Å². The maximum Gasteiger partial charge on any atom is 0.255 e. The molecule has 126 valence electrons. The molecule has 26 heavy (non-hydrogen) atoms. The first-order chi connectivity index (χ1) is 12.7. The van der Waals surface area contributed by atoms with Gasteiger partial charge in [-0.25, -0.2) is 0 Å². The Balaban J connectivity index is 1.61. The summed E-state index contributed by atoms with van der Waals surface area (Å²) in [6.45, 7) is 0. The highest BCUT2D eigenvalue weighted by Crippen LogP contribution is 2.28. The van der Waals surface area contributed by atoms with Gasteiger partial charge in [-0.3, -0.25) is 4.79 Å². The van der Waals surface area contributed by atoms with Gasteiger partial charge in [-0.15, -0.1) is 0 Å². The molecule has 4 rings (SSSR count). The van der Waals surface area contributed by atoms with Crippen molar-refractivity contribution in [3.8, 4) is 11.1 Å². The van der Waals surface area contributed by atoms with E-state index in [4.69, 9.17) is 11.6 Å². The molecule has 0 saturated heterocycles. The molecule has 2 nitrogen and oxygen atoms in total. The number of hydrogen-bond acceptors (Lipinski definition) is 1. The van der Waals surface area contributed by atoms with Crippen LogP contribution in [-0.4, -0.2) is 5.91 Å². The zero-order chi connectivity index (χ0) is 17.9. The van der Waals surface area contributed by atoms with E-state index in [1.807, 2.05) is 48.5 Å². The number of fused-ring (bicyclic) bond motifs is 1. The van der Waals surface area contributed by atoms with Gasteiger partial charge in [-0.1, -0.05) is 72.3 Å². The first kappa shape index (κ1) is 16.4. The van der Waals surface area contributed by atoms with Gasteiger partial charge in [0.1, 0.15) is 0 Å². The fourth-order valence-electron chi connectivity index (χ4n) is 3.05. The van der Waals surface area contributed by atoms with E-state index in [1.165, 1.54) is 10.8 Å². The quantitative estimate of drug-likeness (QED) is 0.450. The second-order valence-corrected chi connectivity index (χ2v) is 6.50. The van der Waals surface area contributed by atoms with E-state index < -0.39 is 0 Å². The molecular formula is C23H16ClNO. The molecule has 4 aromatic carbocycles. The molecule has 0 aliphatic rings. The Morgan fingerprint density at radius 1 is 0.769 bits per heavy atom. The average molecular weight is 358 g/mol. The molecule has 0 unspecified atom stereocenters. The van der Waals surface area contributed by atoms with Gasteiger partial charge in [0.05, 0.1) is 0 Å². The van der Waals surface area contributed by atoms with Crippen molar-refractivity contribution in [3.63, 3.8) is 0 Å². The number of carbonyl (C=O) groups excluding carboxylic acids is 1. The molecule has 0 atom stereocenters. The van der Waals surface area contributed by atoms with Gasteiger partial charge in [0, 0.05) is 16.3 Å². The number of rotatable bonds is 3. The minimum absolute atomic E-state index is 0.156. The highest BCUT2D eigenvalue weighted by Gasteiger charge is 2.08. The number of anilines is 1. The van der Waals surface area contributed by atoms with Crippen molar-refractivity contribution in [2.45, 2.75) is 0 Å². The van der Waals surface area contributed by atoms with E-state index in [1.54, 1.807) is 12.1 Å². The number of hydrogen-bond donors (Lipinski definition) is 1. The van der Waals surface area contributed by atoms with Crippen molar-refractivity contribution < 1.29 is 4.79 Å². The van der Waals surface area contributed by atoms with Crippen LogP contribution in [0.1, 0.15) is 10.4 Å². The number of amides is 1. The third-order valence-electron chi connectivity index (χ3n) is 4.33. The molecule has 0 bridgehead atoms. The molecule has 0 saturated carbocycles. The van der Waals surface area contributed by atoms with E-state index in [-0.39, 0.29) is 5.91 Å². The van der Waals surface area contributed by atoms with Gasteiger partial charge in [0.15, 0.2) is 0 Å². The Hall–Kier alpha value is -3.10. The maximum atomic E-state index is 12.4. The molecule has 1 N–H and O–H groups in total. The first-order valence-electron chi connectivity index (χ1n) is 8.36. The first-order valence-corrected chi connectivity index (χ1v) is 8.74. The molecule has 0 aliphatic carbocycles. The summed E-state index contributed by atoms with van der Waals surface area (Å²) in [5.41, 5.74) is 3.53. The van der Waals surface area contributed by atoms with Gasteiger partial charge in [0.25, 0.3) is 5.91 Å². The van der Waals surface area contributed by atoms with Crippen LogP contribution in [0.15, 0.2) is 91.0 Å². The summed E-state index contributed by atoms with van der Waals surface area (Å²) in [5.74, 6) is -0.156. The summed E-state index contributed by atoms with van der Waals surface area (Å²) in [7, 11) is 0. The third-order valence-corrected chi connectivity index (χ3v) is 4.57. The lowest BCUT2D eigenvalue weighted by Crippen LogP contribution is -2.11. The fourth-order valence-corrected chi connectivity index (χ4v) is 3.24. The summed E-state index contributed by atoms with van der Waals surface area (Å²) in [5, 5.41) is 5.86. The molecule has 0 aromatic heterocycles. The Bertz CT molecular complexity index is 1080. The molecule has 4 aromatic rings. The van der Waals surface area contributed by atoms with Gasteiger partial charge in [-0.05, 0) is 52.2 Å². The summed E-state index contributed by atoms with van der Waals surface area (Å²) in [6.07, 6.45) is 0. The van der Waals surface area contributed by atoms with Crippen LogP contribution in [0, 0.1) is 0 Å². The predicted octanol–water partition coefficient (Wildman–Crippen LogP) is 6.41. The molecule has 0 radical (unpaired) electrons. The molecule has 0 heterocycles. The average Bonchev–Trinajstić information content (AvgIpc) is 2.68. The van der Waals surface area contributed by atoms with Crippen LogP contribution in [0.4, 0.5) is 5.69 Å². The fraction of sp³-hybridized carbons (Fsp3) is 0. The Morgan fingerprint density at radius 3 is 2.31 bits per heavy atom. The molecule has 0 spiro atoms. The Morgan fingerprint density at radius 2 is 1.50 bits per heavy atom. The molecule has 0 aliphatic heterocycles. The van der Waals surface area contributed by atoms with Crippen LogP contribution < -0.4 is 5.32 Å². The molecular weight excluding hydrogens is 342 g/mol. The summed E-state index contributed by atoms with van der Waals surface area (Å²) >= 11 is 5.96. The Labute approximate surface area is 157 Å². The van der Waals surface area contributed by atoms with Crippen LogP contribution in [0.25, 0.3) is 21.9 Å². The van der Waals surface area contributed by atoms with Crippen molar-refractivity contribution in [2.75, 3.05) is 5.32 Å². The van der Waals surface area contributed by atoms with Crippen LogP contribution in [0.2, 0.25) is 5.02 Å². The number of nitrogens with one attached hydrogen (secondary N) is 1. The summed E-state index contributed by atoms with van der Waals surface area (Å²) < 4.78 is 0. The van der Waals surface area contributed by atoms with Crippen LogP contribution in [0.3, 0.4) is 0 Å². The number of carbonyl (C=O) groups is 1.